The van der Waals surface area contributed by atoms with Crippen LogP contribution in [0.15, 0.2) is 24.3 Å². The summed E-state index contributed by atoms with van der Waals surface area (Å²) in [5.74, 6) is -1.54. The van der Waals surface area contributed by atoms with Crippen LogP contribution in [0.5, 0.6) is 5.75 Å². The van der Waals surface area contributed by atoms with Crippen molar-refractivity contribution in [3.63, 3.8) is 0 Å². The summed E-state index contributed by atoms with van der Waals surface area (Å²) in [5, 5.41) is 15.0. The highest BCUT2D eigenvalue weighted by Crippen LogP contribution is 2.64. The molecule has 5 atom stereocenters. The molecule has 2 bridgehead atoms. The Morgan fingerprint density at radius 3 is 2.56 bits per heavy atom. The van der Waals surface area contributed by atoms with Crippen LogP contribution in [0, 0.1) is 11.8 Å². The van der Waals surface area contributed by atoms with Gasteiger partial charge in [-0.1, -0.05) is 6.92 Å². The smallest absolute Gasteiger partial charge is 0.250 e. The average molecular weight is 446 g/mol. The van der Waals surface area contributed by atoms with Crippen molar-refractivity contribution in [2.24, 2.45) is 11.8 Å². The van der Waals surface area contributed by atoms with Crippen LogP contribution < -0.4 is 15.4 Å². The average Bonchev–Trinajstić information content (AvgIpc) is 3.41. The molecular formula is C23H31N3O6. The number of hydrogen-bond donors (Lipinski definition) is 3. The first-order valence-electron chi connectivity index (χ1n) is 11.2. The molecule has 4 rings (SSSR count). The molecule has 2 unspecified atom stereocenters. The van der Waals surface area contributed by atoms with Gasteiger partial charge < -0.3 is 30.1 Å². The second kappa shape index (κ2) is 8.37. The van der Waals surface area contributed by atoms with Gasteiger partial charge in [0.05, 0.1) is 24.5 Å². The van der Waals surface area contributed by atoms with Crippen LogP contribution in [0.3, 0.4) is 0 Å². The van der Waals surface area contributed by atoms with Crippen molar-refractivity contribution in [1.29, 1.82) is 0 Å². The number of ether oxygens (including phenoxy) is 2. The normalized spacial score (nSPS) is 32.7. The molecule has 9 heteroatoms. The Bertz CT molecular complexity index is 905. The van der Waals surface area contributed by atoms with Gasteiger partial charge in [-0.05, 0) is 49.9 Å². The maximum absolute atomic E-state index is 13.6. The van der Waals surface area contributed by atoms with Crippen molar-refractivity contribution in [2.45, 2.75) is 49.9 Å². The zero-order chi connectivity index (χ0) is 23.1. The highest BCUT2D eigenvalue weighted by Gasteiger charge is 2.78. The fourth-order valence-corrected chi connectivity index (χ4v) is 5.94. The van der Waals surface area contributed by atoms with Gasteiger partial charge in [-0.15, -0.1) is 0 Å². The largest absolute Gasteiger partial charge is 0.497 e. The van der Waals surface area contributed by atoms with E-state index in [1.807, 2.05) is 6.92 Å². The minimum absolute atomic E-state index is 0.104. The first-order valence-corrected chi connectivity index (χ1v) is 11.2. The number of carbonyl (C=O) groups excluding carboxylic acids is 3. The summed E-state index contributed by atoms with van der Waals surface area (Å²) in [6.45, 7) is 2.07. The molecule has 3 amide bonds. The molecule has 1 spiro atoms. The van der Waals surface area contributed by atoms with E-state index in [9.17, 15) is 19.5 Å². The second-order valence-electron chi connectivity index (χ2n) is 8.77. The van der Waals surface area contributed by atoms with E-state index < -0.39 is 29.1 Å². The molecule has 174 valence electrons. The van der Waals surface area contributed by atoms with Crippen LogP contribution in [-0.4, -0.2) is 72.3 Å². The highest BCUT2D eigenvalue weighted by atomic mass is 16.5. The number of nitrogens with zero attached hydrogens (tertiary/aromatic N) is 1. The van der Waals surface area contributed by atoms with Crippen molar-refractivity contribution in [3.05, 3.63) is 24.3 Å². The molecule has 3 fully saturated rings. The fraction of sp³-hybridized carbons (Fsp3) is 0.609. The zero-order valence-corrected chi connectivity index (χ0v) is 18.7. The minimum atomic E-state index is -1.06. The number of aliphatic hydroxyl groups excluding tert-OH is 1. The van der Waals surface area contributed by atoms with Gasteiger partial charge in [-0.25, -0.2) is 0 Å². The SMILES string of the molecule is CC[C@]12CCC3(O1)C(C(=O)Nc1ccc(OC)cc1)N(CCCO)C(=O)[C@@H]3[C@H]2C(=O)NC. The van der Waals surface area contributed by atoms with Crippen molar-refractivity contribution < 1.29 is 29.0 Å². The van der Waals surface area contributed by atoms with E-state index in [2.05, 4.69) is 10.6 Å². The Balaban J connectivity index is 1.71. The number of amides is 3. The molecule has 3 N–H and O–H groups in total. The van der Waals surface area contributed by atoms with E-state index in [-0.39, 0.29) is 30.9 Å². The molecule has 1 aromatic carbocycles. The summed E-state index contributed by atoms with van der Waals surface area (Å²) >= 11 is 0. The Morgan fingerprint density at radius 1 is 1.25 bits per heavy atom. The van der Waals surface area contributed by atoms with E-state index in [0.29, 0.717) is 37.1 Å². The third-order valence-electron chi connectivity index (χ3n) is 7.37. The number of fused-ring (bicyclic) bond motifs is 1. The Kier molecular flexibility index (Phi) is 5.89. The summed E-state index contributed by atoms with van der Waals surface area (Å²) < 4.78 is 11.7. The van der Waals surface area contributed by atoms with Crippen LogP contribution in [-0.2, 0) is 19.1 Å². The first-order chi connectivity index (χ1) is 15.4. The lowest BCUT2D eigenvalue weighted by molar-refractivity contribution is -0.146. The van der Waals surface area contributed by atoms with Gasteiger partial charge >= 0.3 is 0 Å². The summed E-state index contributed by atoms with van der Waals surface area (Å²) in [6, 6.07) is 6.07. The van der Waals surface area contributed by atoms with Crippen LogP contribution in [0.2, 0.25) is 0 Å². The third-order valence-corrected chi connectivity index (χ3v) is 7.37. The highest BCUT2D eigenvalue weighted by molar-refractivity contribution is 6.03. The third kappa shape index (κ3) is 3.17. The summed E-state index contributed by atoms with van der Waals surface area (Å²) in [7, 11) is 3.12. The van der Waals surface area contributed by atoms with Crippen molar-refractivity contribution in [2.75, 3.05) is 32.6 Å². The number of anilines is 1. The van der Waals surface area contributed by atoms with Gasteiger partial charge in [0.15, 0.2) is 0 Å². The molecule has 0 radical (unpaired) electrons. The predicted octanol–water partition coefficient (Wildman–Crippen LogP) is 0.917. The summed E-state index contributed by atoms with van der Waals surface area (Å²) in [4.78, 5) is 41.6. The number of benzene rings is 1. The van der Waals surface area contributed by atoms with Crippen molar-refractivity contribution >= 4 is 23.4 Å². The molecule has 3 aliphatic heterocycles. The first kappa shape index (κ1) is 22.5. The predicted molar refractivity (Wildman–Crippen MR) is 116 cm³/mol. The van der Waals surface area contributed by atoms with Crippen LogP contribution in [0.25, 0.3) is 0 Å². The summed E-state index contributed by atoms with van der Waals surface area (Å²) in [6.07, 6.45) is 2.07. The zero-order valence-electron chi connectivity index (χ0n) is 18.7. The van der Waals surface area contributed by atoms with Crippen LogP contribution >= 0.6 is 0 Å². The van der Waals surface area contributed by atoms with Gasteiger partial charge in [0.1, 0.15) is 17.4 Å². The molecule has 32 heavy (non-hydrogen) atoms. The molecule has 0 aromatic heterocycles. The number of carbonyl (C=O) groups is 3. The molecule has 3 aliphatic rings. The van der Waals surface area contributed by atoms with Gasteiger partial charge in [-0.2, -0.15) is 0 Å². The van der Waals surface area contributed by atoms with E-state index in [1.54, 1.807) is 38.4 Å². The number of methoxy groups -OCH3 is 1. The van der Waals surface area contributed by atoms with Crippen LogP contribution in [0.4, 0.5) is 5.69 Å². The number of nitrogens with one attached hydrogen (secondary N) is 2. The van der Waals surface area contributed by atoms with E-state index in [0.717, 1.165) is 0 Å². The molecule has 9 nitrogen and oxygen atoms in total. The van der Waals surface area contributed by atoms with Gasteiger partial charge in [0.2, 0.25) is 17.7 Å². The Labute approximate surface area is 187 Å². The van der Waals surface area contributed by atoms with Gasteiger partial charge in [0, 0.05) is 25.9 Å². The quantitative estimate of drug-likeness (QED) is 0.548. The topological polar surface area (TPSA) is 117 Å². The number of likely N-dealkylation sites (tertiary alicyclic amines) is 1. The van der Waals surface area contributed by atoms with Crippen LogP contribution in [0.1, 0.15) is 32.6 Å². The maximum atomic E-state index is 13.6. The molecule has 3 saturated heterocycles. The van der Waals surface area contributed by atoms with Crippen molar-refractivity contribution in [1.82, 2.24) is 10.2 Å². The standard InChI is InChI=1S/C23H31N3O6/c1-4-22-10-11-23(32-22)17(16(22)19(28)24-2)21(30)26(12-5-13-27)18(23)20(29)25-14-6-8-15(31-3)9-7-14/h6-9,16-18,27H,4-5,10-13H2,1-3H3,(H,24,28)(H,25,29)/t16-,17-,18?,22+,23?/m0/s1. The molecule has 1 aromatic rings. The Hall–Kier alpha value is -2.65. The van der Waals surface area contributed by atoms with Gasteiger partial charge in [0.25, 0.3) is 0 Å². The monoisotopic (exact) mass is 445 g/mol. The fourth-order valence-electron chi connectivity index (χ4n) is 5.94. The molecule has 3 heterocycles. The second-order valence-corrected chi connectivity index (χ2v) is 8.77. The lowest BCUT2D eigenvalue weighted by Crippen LogP contribution is -2.53. The lowest BCUT2D eigenvalue weighted by Gasteiger charge is -2.33. The molecule has 0 saturated carbocycles. The van der Waals surface area contributed by atoms with E-state index >= 15 is 0 Å². The number of rotatable bonds is 8. The minimum Gasteiger partial charge on any atom is -0.497 e. The van der Waals surface area contributed by atoms with E-state index in [4.69, 9.17) is 9.47 Å². The summed E-state index contributed by atoms with van der Waals surface area (Å²) in [5.41, 5.74) is -1.23. The molecule has 0 aliphatic carbocycles. The lowest BCUT2D eigenvalue weighted by atomic mass is 9.65. The van der Waals surface area contributed by atoms with Crippen molar-refractivity contribution in [3.8, 4) is 5.75 Å². The molecular weight excluding hydrogens is 414 g/mol. The maximum Gasteiger partial charge on any atom is 0.250 e. The van der Waals surface area contributed by atoms with Gasteiger partial charge in [-0.3, -0.25) is 14.4 Å². The van der Waals surface area contributed by atoms with E-state index in [1.165, 1.54) is 4.90 Å². The Morgan fingerprint density at radius 2 is 1.97 bits per heavy atom. The number of aliphatic hydroxyl groups is 1. The number of hydrogen-bond acceptors (Lipinski definition) is 6.